The van der Waals surface area contributed by atoms with Gasteiger partial charge in [-0.15, -0.1) is 0 Å². The van der Waals surface area contributed by atoms with Crippen molar-refractivity contribution >= 4 is 10.9 Å². The molecule has 0 atom stereocenters. The Balaban J connectivity index is 1.51. The summed E-state index contributed by atoms with van der Waals surface area (Å²) in [5.41, 5.74) is 6.11. The van der Waals surface area contributed by atoms with Gasteiger partial charge in [-0.25, -0.2) is 0 Å². The number of ether oxygens (including phenoxy) is 1. The molecule has 1 N–H and O–H groups in total. The third-order valence-corrected chi connectivity index (χ3v) is 5.80. The molecule has 1 aliphatic rings. The van der Waals surface area contributed by atoms with E-state index in [0.29, 0.717) is 6.61 Å². The quantitative estimate of drug-likeness (QED) is 0.717. The third kappa shape index (κ3) is 3.90. The molecule has 140 valence electrons. The summed E-state index contributed by atoms with van der Waals surface area (Å²) < 4.78 is 6.25. The molecule has 0 bridgehead atoms. The molecule has 1 saturated heterocycles. The molecule has 3 aromatic rings. The van der Waals surface area contributed by atoms with Crippen LogP contribution in [0.15, 0.2) is 54.6 Å². The molecule has 0 aliphatic carbocycles. The first-order valence-electron chi connectivity index (χ1n) is 9.87. The molecule has 2 aromatic carbocycles. The summed E-state index contributed by atoms with van der Waals surface area (Å²) in [6, 6.07) is 19.5. The molecule has 0 spiro atoms. The second kappa shape index (κ2) is 7.79. The minimum absolute atomic E-state index is 0.107. The molecule has 0 amide bonds. The lowest BCUT2D eigenvalue weighted by atomic mass is 9.74. The van der Waals surface area contributed by atoms with Crippen molar-refractivity contribution in [1.82, 2.24) is 10.3 Å². The van der Waals surface area contributed by atoms with Crippen molar-refractivity contribution in [3.8, 4) is 0 Å². The Morgan fingerprint density at radius 1 is 1.00 bits per heavy atom. The van der Waals surface area contributed by atoms with Gasteiger partial charge in [0.1, 0.15) is 0 Å². The molecular weight excluding hydrogens is 332 g/mol. The molecule has 0 radical (unpaired) electrons. The summed E-state index contributed by atoms with van der Waals surface area (Å²) in [6.07, 6.45) is 2.22. The van der Waals surface area contributed by atoms with Crippen LogP contribution in [-0.4, -0.2) is 24.7 Å². The fourth-order valence-corrected chi connectivity index (χ4v) is 4.22. The topological polar surface area (TPSA) is 34.1 Å². The first-order chi connectivity index (χ1) is 13.2. The fraction of sp³-hybridized carbons (Fsp3) is 0.375. The zero-order valence-corrected chi connectivity index (χ0v) is 16.3. The standard InChI is InChI=1S/C24H28N2O/c1-18-8-9-23-22(14-18)19(2)15-21(26-23)16-27-17-24(10-12-25-13-11-24)20-6-4-3-5-7-20/h3-9,14-15,25H,10-13,16-17H2,1-2H3. The van der Waals surface area contributed by atoms with Gasteiger partial charge in [-0.1, -0.05) is 42.0 Å². The SMILES string of the molecule is Cc1ccc2nc(COCC3(c4ccccc4)CCNCC3)cc(C)c2c1. The Bertz CT molecular complexity index is 914. The second-order valence-electron chi connectivity index (χ2n) is 7.84. The van der Waals surface area contributed by atoms with Crippen LogP contribution in [0.2, 0.25) is 0 Å². The summed E-state index contributed by atoms with van der Waals surface area (Å²) >= 11 is 0. The van der Waals surface area contributed by atoms with Gasteiger partial charge < -0.3 is 10.1 Å². The van der Waals surface area contributed by atoms with Crippen LogP contribution in [0.5, 0.6) is 0 Å². The first-order valence-corrected chi connectivity index (χ1v) is 9.87. The lowest BCUT2D eigenvalue weighted by Crippen LogP contribution is -2.43. The van der Waals surface area contributed by atoms with Gasteiger partial charge in [-0.05, 0) is 69.1 Å². The Labute approximate surface area is 161 Å². The molecule has 0 saturated carbocycles. The molecule has 3 nitrogen and oxygen atoms in total. The van der Waals surface area contributed by atoms with E-state index < -0.39 is 0 Å². The minimum atomic E-state index is 0.107. The number of nitrogens with one attached hydrogen (secondary N) is 1. The van der Waals surface area contributed by atoms with Crippen LogP contribution in [0, 0.1) is 13.8 Å². The Hall–Kier alpha value is -2.23. The van der Waals surface area contributed by atoms with Gasteiger partial charge in [0.15, 0.2) is 0 Å². The maximum absolute atomic E-state index is 6.25. The number of rotatable bonds is 5. The Morgan fingerprint density at radius 3 is 2.56 bits per heavy atom. The van der Waals surface area contributed by atoms with Crippen molar-refractivity contribution < 1.29 is 4.74 Å². The lowest BCUT2D eigenvalue weighted by molar-refractivity contribution is 0.0549. The van der Waals surface area contributed by atoms with E-state index in [1.807, 2.05) is 0 Å². The predicted molar refractivity (Wildman–Crippen MR) is 111 cm³/mol. The van der Waals surface area contributed by atoms with Crippen LogP contribution in [0.4, 0.5) is 0 Å². The molecule has 0 unspecified atom stereocenters. The van der Waals surface area contributed by atoms with Crippen LogP contribution in [-0.2, 0) is 16.8 Å². The van der Waals surface area contributed by atoms with Gasteiger partial charge in [0.25, 0.3) is 0 Å². The summed E-state index contributed by atoms with van der Waals surface area (Å²) in [5.74, 6) is 0. The van der Waals surface area contributed by atoms with Crippen LogP contribution in [0.1, 0.15) is 35.2 Å². The van der Waals surface area contributed by atoms with Crippen molar-refractivity contribution in [1.29, 1.82) is 0 Å². The molecule has 1 aromatic heterocycles. The predicted octanol–water partition coefficient (Wildman–Crippen LogP) is 4.69. The minimum Gasteiger partial charge on any atom is -0.374 e. The van der Waals surface area contributed by atoms with Gasteiger partial charge in [0.05, 0.1) is 24.4 Å². The lowest BCUT2D eigenvalue weighted by Gasteiger charge is -2.38. The number of aromatic nitrogens is 1. The van der Waals surface area contributed by atoms with E-state index >= 15 is 0 Å². The van der Waals surface area contributed by atoms with E-state index in [-0.39, 0.29) is 5.41 Å². The summed E-state index contributed by atoms with van der Waals surface area (Å²) in [5, 5.41) is 4.72. The van der Waals surface area contributed by atoms with Crippen LogP contribution in [0.25, 0.3) is 10.9 Å². The fourth-order valence-electron chi connectivity index (χ4n) is 4.22. The monoisotopic (exact) mass is 360 g/mol. The summed E-state index contributed by atoms with van der Waals surface area (Å²) in [7, 11) is 0. The van der Waals surface area contributed by atoms with Crippen LogP contribution < -0.4 is 5.32 Å². The van der Waals surface area contributed by atoms with E-state index in [9.17, 15) is 0 Å². The molecule has 1 aliphatic heterocycles. The zero-order chi connectivity index (χ0) is 18.7. The number of nitrogens with zero attached hydrogens (tertiary/aromatic N) is 1. The normalized spacial score (nSPS) is 16.5. The summed E-state index contributed by atoms with van der Waals surface area (Å²) in [4.78, 5) is 4.82. The van der Waals surface area contributed by atoms with Gasteiger partial charge in [-0.3, -0.25) is 4.98 Å². The van der Waals surface area contributed by atoms with E-state index in [1.54, 1.807) is 0 Å². The van der Waals surface area contributed by atoms with E-state index in [2.05, 4.69) is 73.8 Å². The number of benzene rings is 2. The molecule has 27 heavy (non-hydrogen) atoms. The van der Waals surface area contributed by atoms with Crippen LogP contribution in [0.3, 0.4) is 0 Å². The number of piperidine rings is 1. The Kier molecular flexibility index (Phi) is 5.24. The Morgan fingerprint density at radius 2 is 1.78 bits per heavy atom. The number of hydrogen-bond donors (Lipinski definition) is 1. The highest BCUT2D eigenvalue weighted by Crippen LogP contribution is 2.34. The van der Waals surface area contributed by atoms with Crippen LogP contribution >= 0.6 is 0 Å². The second-order valence-corrected chi connectivity index (χ2v) is 7.84. The molecule has 3 heteroatoms. The van der Waals surface area contributed by atoms with Crippen molar-refractivity contribution in [3.05, 3.63) is 77.0 Å². The first kappa shape index (κ1) is 18.1. The zero-order valence-electron chi connectivity index (χ0n) is 16.3. The molecule has 2 heterocycles. The third-order valence-electron chi connectivity index (χ3n) is 5.80. The van der Waals surface area contributed by atoms with E-state index in [1.165, 1.54) is 22.1 Å². The number of hydrogen-bond acceptors (Lipinski definition) is 3. The van der Waals surface area contributed by atoms with Crippen molar-refractivity contribution in [2.75, 3.05) is 19.7 Å². The average molecular weight is 361 g/mol. The van der Waals surface area contributed by atoms with E-state index in [0.717, 1.165) is 43.7 Å². The largest absolute Gasteiger partial charge is 0.374 e. The summed E-state index contributed by atoms with van der Waals surface area (Å²) in [6.45, 7) is 7.68. The average Bonchev–Trinajstić information content (AvgIpc) is 2.70. The highest BCUT2D eigenvalue weighted by atomic mass is 16.5. The van der Waals surface area contributed by atoms with E-state index in [4.69, 9.17) is 9.72 Å². The van der Waals surface area contributed by atoms with Crippen molar-refractivity contribution in [3.63, 3.8) is 0 Å². The van der Waals surface area contributed by atoms with Crippen molar-refractivity contribution in [2.45, 2.75) is 38.7 Å². The highest BCUT2D eigenvalue weighted by Gasteiger charge is 2.34. The molecule has 4 rings (SSSR count). The van der Waals surface area contributed by atoms with Crippen molar-refractivity contribution in [2.24, 2.45) is 0 Å². The molecular formula is C24H28N2O. The maximum Gasteiger partial charge on any atom is 0.0888 e. The van der Waals surface area contributed by atoms with Gasteiger partial charge in [-0.2, -0.15) is 0 Å². The number of aryl methyl sites for hydroxylation is 2. The number of fused-ring (bicyclic) bond motifs is 1. The van der Waals surface area contributed by atoms with Gasteiger partial charge in [0, 0.05) is 10.8 Å². The van der Waals surface area contributed by atoms with Gasteiger partial charge in [0.2, 0.25) is 0 Å². The smallest absolute Gasteiger partial charge is 0.0888 e. The highest BCUT2D eigenvalue weighted by molar-refractivity contribution is 5.82. The number of pyridine rings is 1. The molecule has 1 fully saturated rings. The maximum atomic E-state index is 6.25. The van der Waals surface area contributed by atoms with Gasteiger partial charge >= 0.3 is 0 Å².